The van der Waals surface area contributed by atoms with Crippen molar-refractivity contribution in [3.63, 3.8) is 0 Å². The molecule has 1 unspecified atom stereocenters. The van der Waals surface area contributed by atoms with Gasteiger partial charge in [0.1, 0.15) is 0 Å². The number of ether oxygens (including phenoxy) is 1. The summed E-state index contributed by atoms with van der Waals surface area (Å²) in [6, 6.07) is 10.4. The number of rotatable bonds is 6. The normalized spacial score (nSPS) is 21.4. The van der Waals surface area contributed by atoms with Crippen molar-refractivity contribution in [3.8, 4) is 0 Å². The number of nitrogens with zero attached hydrogens (tertiary/aromatic N) is 2. The largest absolute Gasteiger partial charge is 0.377 e. The second-order valence-electron chi connectivity index (χ2n) is 6.86. The van der Waals surface area contributed by atoms with Crippen molar-refractivity contribution in [1.29, 1.82) is 0 Å². The highest BCUT2D eigenvalue weighted by atomic mass is 16.5. The monoisotopic (exact) mass is 341 g/mol. The molecule has 1 atom stereocenters. The summed E-state index contributed by atoms with van der Waals surface area (Å²) in [5.41, 5.74) is 2.10. The van der Waals surface area contributed by atoms with E-state index in [9.17, 15) is 4.79 Å². The van der Waals surface area contributed by atoms with E-state index in [1.807, 2.05) is 12.3 Å². The van der Waals surface area contributed by atoms with Crippen LogP contribution in [0.25, 0.3) is 10.9 Å². The minimum absolute atomic E-state index is 0.0775. The Morgan fingerprint density at radius 2 is 2.20 bits per heavy atom. The lowest BCUT2D eigenvalue weighted by Crippen LogP contribution is -2.49. The third kappa shape index (κ3) is 4.17. The van der Waals surface area contributed by atoms with Gasteiger partial charge in [0.15, 0.2) is 0 Å². The summed E-state index contributed by atoms with van der Waals surface area (Å²) in [4.78, 5) is 18.5. The lowest BCUT2D eigenvalue weighted by molar-refractivity contribution is -0.124. The molecule has 5 nitrogen and oxygen atoms in total. The number of piperidine rings is 1. The standard InChI is InChI=1S/C20H27N3O2/c1-21-19(24)8-11-20(25-2)10-5-13-23(15-20)14-16-9-12-22-18-7-4-3-6-17(16)18/h3-4,6-7,9,12H,5,8,10-11,13-15H2,1-2H3,(H,21,24). The lowest BCUT2D eigenvalue weighted by Gasteiger charge is -2.42. The molecule has 1 N–H and O–H groups in total. The number of benzene rings is 1. The Labute approximate surface area is 149 Å². The van der Waals surface area contributed by atoms with Gasteiger partial charge < -0.3 is 10.1 Å². The molecule has 0 spiro atoms. The van der Waals surface area contributed by atoms with Crippen molar-refractivity contribution in [2.45, 2.75) is 37.8 Å². The minimum Gasteiger partial charge on any atom is -0.377 e. The molecule has 5 heteroatoms. The second-order valence-corrected chi connectivity index (χ2v) is 6.86. The average molecular weight is 341 g/mol. The first kappa shape index (κ1) is 17.8. The van der Waals surface area contributed by atoms with Crippen LogP contribution in [-0.4, -0.2) is 48.6 Å². The molecule has 2 aromatic rings. The third-order valence-corrected chi connectivity index (χ3v) is 5.27. The fourth-order valence-corrected chi connectivity index (χ4v) is 3.80. The Hall–Kier alpha value is -1.98. The predicted octanol–water partition coefficient (Wildman–Crippen LogP) is 2.74. The Bertz CT molecular complexity index is 728. The van der Waals surface area contributed by atoms with Gasteiger partial charge in [-0.25, -0.2) is 0 Å². The van der Waals surface area contributed by atoms with Crippen molar-refractivity contribution >= 4 is 16.8 Å². The molecule has 0 bridgehead atoms. The van der Waals surface area contributed by atoms with Crippen molar-refractivity contribution < 1.29 is 9.53 Å². The van der Waals surface area contributed by atoms with Crippen molar-refractivity contribution in [2.75, 3.05) is 27.2 Å². The highest BCUT2D eigenvalue weighted by molar-refractivity contribution is 5.81. The molecule has 0 aliphatic carbocycles. The van der Waals surface area contributed by atoms with Gasteiger partial charge in [0.05, 0.1) is 11.1 Å². The zero-order valence-corrected chi connectivity index (χ0v) is 15.1. The van der Waals surface area contributed by atoms with Gasteiger partial charge in [-0.2, -0.15) is 0 Å². The summed E-state index contributed by atoms with van der Waals surface area (Å²) in [5, 5.41) is 3.91. The van der Waals surface area contributed by atoms with E-state index < -0.39 is 0 Å². The van der Waals surface area contributed by atoms with Crippen LogP contribution in [-0.2, 0) is 16.1 Å². The number of pyridine rings is 1. The molecule has 0 saturated carbocycles. The Kier molecular flexibility index (Phi) is 5.66. The van der Waals surface area contributed by atoms with Crippen molar-refractivity contribution in [1.82, 2.24) is 15.2 Å². The Balaban J connectivity index is 1.73. The van der Waals surface area contributed by atoms with Crippen LogP contribution in [0.15, 0.2) is 36.5 Å². The van der Waals surface area contributed by atoms with Gasteiger partial charge in [0, 0.05) is 45.3 Å². The SMILES string of the molecule is CNC(=O)CCC1(OC)CCCN(Cc2ccnc3ccccc23)C1. The number of carbonyl (C=O) groups is 1. The van der Waals surface area contributed by atoms with Crippen LogP contribution in [0.3, 0.4) is 0 Å². The minimum atomic E-state index is -0.229. The van der Waals surface area contributed by atoms with Crippen LogP contribution < -0.4 is 5.32 Å². The number of aromatic nitrogens is 1. The fourth-order valence-electron chi connectivity index (χ4n) is 3.80. The zero-order chi connectivity index (χ0) is 17.7. The van der Waals surface area contributed by atoms with E-state index in [4.69, 9.17) is 4.74 Å². The smallest absolute Gasteiger partial charge is 0.219 e. The van der Waals surface area contributed by atoms with E-state index in [0.717, 1.165) is 44.4 Å². The summed E-state index contributed by atoms with van der Waals surface area (Å²) in [6.45, 7) is 2.80. The van der Waals surface area contributed by atoms with E-state index in [1.165, 1.54) is 10.9 Å². The molecule has 1 saturated heterocycles. The average Bonchev–Trinajstić information content (AvgIpc) is 2.66. The first-order chi connectivity index (χ1) is 12.2. The van der Waals surface area contributed by atoms with E-state index in [1.54, 1.807) is 14.2 Å². The summed E-state index contributed by atoms with van der Waals surface area (Å²) in [7, 11) is 3.46. The Morgan fingerprint density at radius 1 is 1.36 bits per heavy atom. The topological polar surface area (TPSA) is 54.5 Å². The number of nitrogens with one attached hydrogen (secondary N) is 1. The lowest BCUT2D eigenvalue weighted by atomic mass is 9.87. The maximum atomic E-state index is 11.6. The van der Waals surface area contributed by atoms with E-state index in [0.29, 0.717) is 6.42 Å². The number of likely N-dealkylation sites (tertiary alicyclic amines) is 1. The highest BCUT2D eigenvalue weighted by Crippen LogP contribution is 2.30. The van der Waals surface area contributed by atoms with Crippen LogP contribution in [0, 0.1) is 0 Å². The molecule has 1 aliphatic rings. The van der Waals surface area contributed by atoms with Gasteiger partial charge in [-0.05, 0) is 43.5 Å². The second kappa shape index (κ2) is 7.93. The van der Waals surface area contributed by atoms with E-state index in [-0.39, 0.29) is 11.5 Å². The molecule has 25 heavy (non-hydrogen) atoms. The quantitative estimate of drug-likeness (QED) is 0.878. The van der Waals surface area contributed by atoms with Crippen LogP contribution in [0.5, 0.6) is 0 Å². The zero-order valence-electron chi connectivity index (χ0n) is 15.1. The molecule has 1 aromatic heterocycles. The molecule has 3 rings (SSSR count). The third-order valence-electron chi connectivity index (χ3n) is 5.27. The molecule has 134 valence electrons. The number of methoxy groups -OCH3 is 1. The van der Waals surface area contributed by atoms with Crippen LogP contribution in [0.1, 0.15) is 31.2 Å². The molecule has 2 heterocycles. The van der Waals surface area contributed by atoms with Crippen LogP contribution >= 0.6 is 0 Å². The van der Waals surface area contributed by atoms with Gasteiger partial charge in [-0.1, -0.05) is 18.2 Å². The fraction of sp³-hybridized carbons (Fsp3) is 0.500. The number of para-hydroxylation sites is 1. The highest BCUT2D eigenvalue weighted by Gasteiger charge is 2.35. The Morgan fingerprint density at radius 3 is 3.00 bits per heavy atom. The van der Waals surface area contributed by atoms with Gasteiger partial charge in [0.25, 0.3) is 0 Å². The van der Waals surface area contributed by atoms with Gasteiger partial charge in [0.2, 0.25) is 5.91 Å². The first-order valence-electron chi connectivity index (χ1n) is 8.96. The van der Waals surface area contributed by atoms with Crippen molar-refractivity contribution in [2.24, 2.45) is 0 Å². The summed E-state index contributed by atoms with van der Waals surface area (Å²) in [5.74, 6) is 0.0775. The first-order valence-corrected chi connectivity index (χ1v) is 8.96. The summed E-state index contributed by atoms with van der Waals surface area (Å²) >= 11 is 0. The van der Waals surface area contributed by atoms with Crippen LogP contribution in [0.2, 0.25) is 0 Å². The number of hydrogen-bond donors (Lipinski definition) is 1. The number of fused-ring (bicyclic) bond motifs is 1. The summed E-state index contributed by atoms with van der Waals surface area (Å²) in [6.07, 6.45) is 5.25. The van der Waals surface area contributed by atoms with E-state index >= 15 is 0 Å². The molecule has 1 fully saturated rings. The van der Waals surface area contributed by atoms with Gasteiger partial charge in [-0.15, -0.1) is 0 Å². The van der Waals surface area contributed by atoms with Crippen LogP contribution in [0.4, 0.5) is 0 Å². The number of carbonyl (C=O) groups excluding carboxylic acids is 1. The molecule has 0 radical (unpaired) electrons. The molecule has 1 aromatic carbocycles. The summed E-state index contributed by atoms with van der Waals surface area (Å²) < 4.78 is 5.90. The molecule has 1 aliphatic heterocycles. The number of hydrogen-bond acceptors (Lipinski definition) is 4. The van der Waals surface area contributed by atoms with Gasteiger partial charge in [-0.3, -0.25) is 14.7 Å². The molecule has 1 amide bonds. The van der Waals surface area contributed by atoms with E-state index in [2.05, 4.69) is 39.5 Å². The van der Waals surface area contributed by atoms with Crippen molar-refractivity contribution in [3.05, 3.63) is 42.1 Å². The molecular formula is C20H27N3O2. The van der Waals surface area contributed by atoms with Gasteiger partial charge >= 0.3 is 0 Å². The predicted molar refractivity (Wildman–Crippen MR) is 99.3 cm³/mol. The maximum Gasteiger partial charge on any atom is 0.219 e. The number of amides is 1. The maximum absolute atomic E-state index is 11.6. The molecular weight excluding hydrogens is 314 g/mol.